The van der Waals surface area contributed by atoms with E-state index >= 15 is 0 Å². The average Bonchev–Trinajstić information content (AvgIpc) is 2.96. The summed E-state index contributed by atoms with van der Waals surface area (Å²) in [5.74, 6) is -1.86. The maximum absolute atomic E-state index is 13.3. The lowest BCUT2D eigenvalue weighted by molar-refractivity contribution is -0.142. The number of nitrogens with zero attached hydrogens (tertiary/aromatic N) is 2. The summed E-state index contributed by atoms with van der Waals surface area (Å²) in [7, 11) is 0. The largest absolute Gasteiger partial charge is 0.396 e. The van der Waals surface area contributed by atoms with Gasteiger partial charge in [0.1, 0.15) is 6.61 Å². The summed E-state index contributed by atoms with van der Waals surface area (Å²) < 4.78 is 0. The van der Waals surface area contributed by atoms with Crippen LogP contribution in [0.25, 0.3) is 0 Å². The van der Waals surface area contributed by atoms with Crippen LogP contribution in [0, 0.1) is 29.6 Å². The highest BCUT2D eigenvalue weighted by Gasteiger charge is 2.59. The normalized spacial score (nSPS) is 35.0. The molecule has 30 heavy (non-hydrogen) atoms. The van der Waals surface area contributed by atoms with Crippen LogP contribution in [0.2, 0.25) is 0 Å². The standard InChI is InChI=1S/C23H30N2O5/c1-13(2)12-30-24-17-10-18(26)21(27)19-15(17)8-9-16-20(19)23(29)25(22(16)28)11-14-6-4-3-5-7-14/h3-7,13,15-16,18-21,26-27H,8-12H2,1-2H3/b24-17+/t15-,16+,18+,19-,20+,21+/m0/s1. The number of rotatable bonds is 5. The first-order valence-electron chi connectivity index (χ1n) is 10.8. The first-order chi connectivity index (χ1) is 14.4. The molecule has 0 aromatic heterocycles. The molecule has 2 N–H and O–H groups in total. The minimum atomic E-state index is -1.06. The van der Waals surface area contributed by atoms with E-state index in [0.29, 0.717) is 31.1 Å². The predicted octanol–water partition coefficient (Wildman–Crippen LogP) is 1.97. The molecule has 1 heterocycles. The van der Waals surface area contributed by atoms with Gasteiger partial charge in [0.25, 0.3) is 0 Å². The molecule has 0 bridgehead atoms. The van der Waals surface area contributed by atoms with E-state index in [1.54, 1.807) is 0 Å². The molecule has 0 unspecified atom stereocenters. The molecule has 2 aliphatic carbocycles. The van der Waals surface area contributed by atoms with Crippen LogP contribution in [0.3, 0.4) is 0 Å². The minimum absolute atomic E-state index is 0.162. The molecule has 162 valence electrons. The molecular weight excluding hydrogens is 384 g/mol. The fraction of sp³-hybridized carbons (Fsp3) is 0.609. The summed E-state index contributed by atoms with van der Waals surface area (Å²) in [6, 6.07) is 9.43. The molecule has 7 nitrogen and oxygen atoms in total. The lowest BCUT2D eigenvalue weighted by atomic mass is 9.60. The number of amides is 2. The fourth-order valence-electron chi connectivity index (χ4n) is 5.23. The van der Waals surface area contributed by atoms with Crippen LogP contribution >= 0.6 is 0 Å². The van der Waals surface area contributed by atoms with Crippen LogP contribution in [0.5, 0.6) is 0 Å². The Kier molecular flexibility index (Phi) is 5.93. The summed E-state index contributed by atoms with van der Waals surface area (Å²) in [5, 5.41) is 25.5. The highest BCUT2D eigenvalue weighted by Crippen LogP contribution is 2.49. The lowest BCUT2D eigenvalue weighted by Crippen LogP contribution is -2.54. The van der Waals surface area contributed by atoms with Crippen molar-refractivity contribution in [2.24, 2.45) is 34.7 Å². The number of oxime groups is 1. The van der Waals surface area contributed by atoms with E-state index < -0.39 is 30.0 Å². The van der Waals surface area contributed by atoms with Crippen molar-refractivity contribution in [3.05, 3.63) is 35.9 Å². The van der Waals surface area contributed by atoms with Crippen molar-refractivity contribution in [2.75, 3.05) is 6.61 Å². The van der Waals surface area contributed by atoms with Crippen molar-refractivity contribution in [1.82, 2.24) is 4.90 Å². The third kappa shape index (κ3) is 3.76. The van der Waals surface area contributed by atoms with Crippen LogP contribution in [0.15, 0.2) is 35.5 Å². The summed E-state index contributed by atoms with van der Waals surface area (Å²) in [6.45, 7) is 4.75. The van der Waals surface area contributed by atoms with Gasteiger partial charge in [0.2, 0.25) is 11.8 Å². The van der Waals surface area contributed by atoms with Gasteiger partial charge in [-0.25, -0.2) is 0 Å². The van der Waals surface area contributed by atoms with Gasteiger partial charge in [0.05, 0.1) is 36.3 Å². The number of aliphatic hydroxyl groups excluding tert-OH is 2. The van der Waals surface area contributed by atoms with E-state index in [0.717, 1.165) is 5.56 Å². The number of likely N-dealkylation sites (tertiary alicyclic amines) is 1. The second-order valence-corrected chi connectivity index (χ2v) is 9.18. The van der Waals surface area contributed by atoms with Gasteiger partial charge >= 0.3 is 0 Å². The Bertz CT molecular complexity index is 824. The summed E-state index contributed by atoms with van der Waals surface area (Å²) >= 11 is 0. The summed E-state index contributed by atoms with van der Waals surface area (Å²) in [5.41, 5.74) is 1.58. The van der Waals surface area contributed by atoms with Gasteiger partial charge in [-0.05, 0) is 24.3 Å². The second kappa shape index (κ2) is 8.47. The molecule has 0 spiro atoms. The third-order valence-corrected chi connectivity index (χ3v) is 6.64. The van der Waals surface area contributed by atoms with Crippen molar-refractivity contribution in [3.8, 4) is 0 Å². The molecule has 2 saturated carbocycles. The zero-order valence-corrected chi connectivity index (χ0v) is 17.5. The maximum Gasteiger partial charge on any atom is 0.233 e. The van der Waals surface area contributed by atoms with Crippen molar-refractivity contribution >= 4 is 17.5 Å². The smallest absolute Gasteiger partial charge is 0.233 e. The van der Waals surface area contributed by atoms with Gasteiger partial charge in [-0.15, -0.1) is 0 Å². The number of fused-ring (bicyclic) bond motifs is 3. The van der Waals surface area contributed by atoms with Crippen molar-refractivity contribution in [3.63, 3.8) is 0 Å². The molecule has 7 heteroatoms. The van der Waals surface area contributed by atoms with Gasteiger partial charge in [0, 0.05) is 18.3 Å². The first-order valence-corrected chi connectivity index (χ1v) is 10.8. The molecule has 1 aliphatic heterocycles. The van der Waals surface area contributed by atoms with Crippen molar-refractivity contribution in [2.45, 2.75) is 51.9 Å². The van der Waals surface area contributed by atoms with Crippen molar-refractivity contribution in [1.29, 1.82) is 0 Å². The van der Waals surface area contributed by atoms with Crippen LogP contribution < -0.4 is 0 Å². The number of aliphatic hydroxyl groups is 2. The number of carbonyl (C=O) groups is 2. The monoisotopic (exact) mass is 414 g/mol. The first kappa shape index (κ1) is 21.0. The highest BCUT2D eigenvalue weighted by molar-refractivity contribution is 6.06. The molecule has 1 aromatic rings. The van der Waals surface area contributed by atoms with E-state index in [9.17, 15) is 19.8 Å². The Morgan fingerprint density at radius 2 is 1.80 bits per heavy atom. The molecular formula is C23H30N2O5. The van der Waals surface area contributed by atoms with Crippen LogP contribution in [-0.2, 0) is 21.0 Å². The maximum atomic E-state index is 13.3. The van der Waals surface area contributed by atoms with Gasteiger partial charge in [-0.3, -0.25) is 14.5 Å². The molecule has 2 amide bonds. The Morgan fingerprint density at radius 1 is 1.10 bits per heavy atom. The van der Waals surface area contributed by atoms with Crippen LogP contribution in [0.1, 0.15) is 38.7 Å². The topological polar surface area (TPSA) is 99.4 Å². The number of benzene rings is 1. The van der Waals surface area contributed by atoms with Crippen molar-refractivity contribution < 1.29 is 24.6 Å². The zero-order valence-electron chi connectivity index (χ0n) is 17.5. The fourth-order valence-corrected chi connectivity index (χ4v) is 5.23. The van der Waals surface area contributed by atoms with Gasteiger partial charge in [-0.1, -0.05) is 49.3 Å². The number of hydrogen-bond acceptors (Lipinski definition) is 6. The van der Waals surface area contributed by atoms with Crippen LogP contribution in [0.4, 0.5) is 0 Å². The quantitative estimate of drug-likeness (QED) is 0.567. The van der Waals surface area contributed by atoms with Gasteiger partial charge in [0.15, 0.2) is 0 Å². The third-order valence-electron chi connectivity index (χ3n) is 6.64. The Balaban J connectivity index is 1.59. The van der Waals surface area contributed by atoms with E-state index in [1.165, 1.54) is 4.90 Å². The molecule has 1 aromatic carbocycles. The molecule has 4 rings (SSSR count). The molecule has 1 saturated heterocycles. The van der Waals surface area contributed by atoms with E-state index in [-0.39, 0.29) is 30.7 Å². The molecule has 3 aliphatic rings. The average molecular weight is 415 g/mol. The number of carbonyl (C=O) groups excluding carboxylic acids is 2. The zero-order chi connectivity index (χ0) is 21.4. The lowest BCUT2D eigenvalue weighted by Gasteiger charge is -2.45. The Morgan fingerprint density at radius 3 is 2.50 bits per heavy atom. The summed E-state index contributed by atoms with van der Waals surface area (Å²) in [4.78, 5) is 33.2. The van der Waals surface area contributed by atoms with Crippen LogP contribution in [-0.4, -0.2) is 51.5 Å². The Labute approximate surface area is 176 Å². The van der Waals surface area contributed by atoms with E-state index in [4.69, 9.17) is 4.84 Å². The molecule has 0 radical (unpaired) electrons. The number of hydrogen-bond donors (Lipinski definition) is 2. The Hall–Kier alpha value is -2.25. The predicted molar refractivity (Wildman–Crippen MR) is 110 cm³/mol. The molecule has 6 atom stereocenters. The second-order valence-electron chi connectivity index (χ2n) is 9.18. The molecule has 3 fully saturated rings. The summed E-state index contributed by atoms with van der Waals surface area (Å²) in [6.07, 6.45) is -0.614. The minimum Gasteiger partial charge on any atom is -0.396 e. The van der Waals surface area contributed by atoms with E-state index in [1.807, 2.05) is 44.2 Å². The SMILES string of the molecule is CC(C)CO/N=C1\C[C@@H](O)[C@@H](O)[C@@H]2[C@@H]3C(=O)N(Cc4ccccc4)C(=O)[C@@H]3CC[C@@H]12. The van der Waals surface area contributed by atoms with Gasteiger partial charge in [-0.2, -0.15) is 0 Å². The highest BCUT2D eigenvalue weighted by atomic mass is 16.6. The number of imide groups is 1. The van der Waals surface area contributed by atoms with E-state index in [2.05, 4.69) is 5.16 Å². The van der Waals surface area contributed by atoms with Gasteiger partial charge < -0.3 is 15.1 Å².